The van der Waals surface area contributed by atoms with Crippen LogP contribution in [0, 0.1) is 15.9 Å². The number of nitro benzene ring substituents is 1. The van der Waals surface area contributed by atoms with Crippen LogP contribution in [0.25, 0.3) is 0 Å². The van der Waals surface area contributed by atoms with Crippen LogP contribution in [-0.4, -0.2) is 23.4 Å². The fourth-order valence-electron chi connectivity index (χ4n) is 1.92. The Kier molecular flexibility index (Phi) is 5.73. The zero-order valence-electron chi connectivity index (χ0n) is 13.2. The van der Waals surface area contributed by atoms with E-state index in [1.165, 1.54) is 0 Å². The highest BCUT2D eigenvalue weighted by molar-refractivity contribution is 5.95. The third kappa shape index (κ3) is 5.23. The first-order valence-corrected chi connectivity index (χ1v) is 7.16. The van der Waals surface area contributed by atoms with Crippen LogP contribution in [0.4, 0.5) is 28.9 Å². The van der Waals surface area contributed by atoms with Gasteiger partial charge in [-0.15, -0.1) is 0 Å². The van der Waals surface area contributed by atoms with Crippen molar-refractivity contribution in [1.82, 2.24) is 0 Å². The number of carbonyl (C=O) groups excluding carboxylic acids is 2. The standard InChI is InChI=1S/C16H10F4N2O5/c17-12-6-5-11(22(25)26)7-13(12)21-14(23)8-27-15(24)9-1-3-10(4-2-9)16(18,19)20/h1-7H,8H2,(H,21,23). The molecular formula is C16H10F4N2O5. The highest BCUT2D eigenvalue weighted by atomic mass is 19.4. The van der Waals surface area contributed by atoms with Crippen LogP contribution in [0.2, 0.25) is 0 Å². The summed E-state index contributed by atoms with van der Waals surface area (Å²) < 4.78 is 55.5. The van der Waals surface area contributed by atoms with E-state index >= 15 is 0 Å². The number of esters is 1. The summed E-state index contributed by atoms with van der Waals surface area (Å²) in [5.74, 6) is -3.00. The monoisotopic (exact) mass is 386 g/mol. The third-order valence-corrected chi connectivity index (χ3v) is 3.22. The minimum Gasteiger partial charge on any atom is -0.452 e. The van der Waals surface area contributed by atoms with Gasteiger partial charge in [0, 0.05) is 12.1 Å². The van der Waals surface area contributed by atoms with Crippen LogP contribution in [0.3, 0.4) is 0 Å². The molecule has 0 saturated carbocycles. The first kappa shape index (κ1) is 19.8. The van der Waals surface area contributed by atoms with E-state index in [1.807, 2.05) is 5.32 Å². The molecule has 7 nitrogen and oxygen atoms in total. The van der Waals surface area contributed by atoms with Crippen molar-refractivity contribution in [2.24, 2.45) is 0 Å². The lowest BCUT2D eigenvalue weighted by atomic mass is 10.1. The molecule has 0 unspecified atom stereocenters. The first-order chi connectivity index (χ1) is 12.6. The fourth-order valence-corrected chi connectivity index (χ4v) is 1.92. The van der Waals surface area contributed by atoms with E-state index in [1.54, 1.807) is 0 Å². The average molecular weight is 386 g/mol. The van der Waals surface area contributed by atoms with Gasteiger partial charge >= 0.3 is 12.1 Å². The van der Waals surface area contributed by atoms with E-state index in [2.05, 4.69) is 4.74 Å². The van der Waals surface area contributed by atoms with E-state index in [0.29, 0.717) is 12.1 Å². The van der Waals surface area contributed by atoms with Crippen LogP contribution in [0.5, 0.6) is 0 Å². The van der Waals surface area contributed by atoms with Crippen LogP contribution in [0.15, 0.2) is 42.5 Å². The Hall–Kier alpha value is -3.50. The van der Waals surface area contributed by atoms with Crippen LogP contribution in [0.1, 0.15) is 15.9 Å². The molecule has 11 heteroatoms. The maximum Gasteiger partial charge on any atom is 0.416 e. The molecule has 0 aliphatic rings. The number of benzene rings is 2. The Labute approximate surface area is 148 Å². The van der Waals surface area contributed by atoms with E-state index in [-0.39, 0.29) is 5.56 Å². The number of nitrogens with zero attached hydrogens (tertiary/aromatic N) is 1. The lowest BCUT2D eigenvalue weighted by molar-refractivity contribution is -0.384. The lowest BCUT2D eigenvalue weighted by Crippen LogP contribution is -2.21. The molecule has 1 amide bonds. The second-order valence-electron chi connectivity index (χ2n) is 5.12. The summed E-state index contributed by atoms with van der Waals surface area (Å²) in [5.41, 5.74) is -2.14. The van der Waals surface area contributed by atoms with E-state index in [0.717, 1.165) is 30.3 Å². The summed E-state index contributed by atoms with van der Waals surface area (Å²) in [7, 11) is 0. The molecule has 0 aromatic heterocycles. The van der Waals surface area contributed by atoms with Gasteiger partial charge in [-0.1, -0.05) is 0 Å². The van der Waals surface area contributed by atoms with Crippen molar-refractivity contribution in [3.63, 3.8) is 0 Å². The maximum absolute atomic E-state index is 13.6. The molecule has 0 heterocycles. The average Bonchev–Trinajstić information content (AvgIpc) is 2.60. The Morgan fingerprint density at radius 3 is 2.30 bits per heavy atom. The second-order valence-corrected chi connectivity index (χ2v) is 5.12. The molecule has 1 N–H and O–H groups in total. The van der Waals surface area contributed by atoms with Crippen molar-refractivity contribution in [2.45, 2.75) is 6.18 Å². The Morgan fingerprint density at radius 2 is 1.74 bits per heavy atom. The van der Waals surface area contributed by atoms with Crippen LogP contribution in [-0.2, 0) is 15.7 Å². The molecule has 0 spiro atoms. The number of anilines is 1. The van der Waals surface area contributed by atoms with Gasteiger partial charge in [0.2, 0.25) is 0 Å². The largest absolute Gasteiger partial charge is 0.452 e. The predicted octanol–water partition coefficient (Wildman–Crippen LogP) is 3.55. The van der Waals surface area contributed by atoms with Gasteiger partial charge < -0.3 is 10.1 Å². The summed E-state index contributed by atoms with van der Waals surface area (Å²) in [5, 5.41) is 12.6. The number of amides is 1. The highest BCUT2D eigenvalue weighted by Gasteiger charge is 2.30. The van der Waals surface area contributed by atoms with Crippen molar-refractivity contribution in [3.05, 3.63) is 69.5 Å². The van der Waals surface area contributed by atoms with Crippen molar-refractivity contribution < 1.29 is 36.8 Å². The molecule has 0 atom stereocenters. The zero-order valence-corrected chi connectivity index (χ0v) is 13.2. The molecule has 0 radical (unpaired) electrons. The third-order valence-electron chi connectivity index (χ3n) is 3.22. The Balaban J connectivity index is 1.96. The van der Waals surface area contributed by atoms with Crippen LogP contribution < -0.4 is 5.32 Å². The van der Waals surface area contributed by atoms with Crippen molar-refractivity contribution in [1.29, 1.82) is 0 Å². The number of halogens is 4. The quantitative estimate of drug-likeness (QED) is 0.367. The molecule has 0 aliphatic heterocycles. The van der Waals surface area contributed by atoms with Gasteiger partial charge in [-0.2, -0.15) is 13.2 Å². The van der Waals surface area contributed by atoms with E-state index < -0.39 is 52.3 Å². The molecule has 2 rings (SSSR count). The number of nitrogens with one attached hydrogen (secondary N) is 1. The molecule has 2 aromatic rings. The molecule has 0 fully saturated rings. The minimum absolute atomic E-state index is 0.225. The molecular weight excluding hydrogens is 376 g/mol. The van der Waals surface area contributed by atoms with E-state index in [4.69, 9.17) is 0 Å². The molecule has 142 valence electrons. The summed E-state index contributed by atoms with van der Waals surface area (Å²) in [6.45, 7) is -0.873. The van der Waals surface area contributed by atoms with Crippen LogP contribution >= 0.6 is 0 Å². The van der Waals surface area contributed by atoms with Crippen molar-refractivity contribution in [2.75, 3.05) is 11.9 Å². The van der Waals surface area contributed by atoms with Gasteiger partial charge in [0.05, 0.1) is 21.7 Å². The summed E-state index contributed by atoms with van der Waals surface area (Å²) in [6.07, 6.45) is -4.56. The molecule has 0 bridgehead atoms. The predicted molar refractivity (Wildman–Crippen MR) is 83.4 cm³/mol. The Morgan fingerprint density at radius 1 is 1.11 bits per heavy atom. The van der Waals surface area contributed by atoms with Gasteiger partial charge in [-0.25, -0.2) is 9.18 Å². The van der Waals surface area contributed by atoms with Gasteiger partial charge in [0.15, 0.2) is 6.61 Å². The number of hydrogen-bond acceptors (Lipinski definition) is 5. The highest BCUT2D eigenvalue weighted by Crippen LogP contribution is 2.29. The van der Waals surface area contributed by atoms with Gasteiger partial charge in [-0.05, 0) is 30.3 Å². The fraction of sp³-hybridized carbons (Fsp3) is 0.125. The number of non-ortho nitro benzene ring substituents is 1. The SMILES string of the molecule is O=C(COC(=O)c1ccc(C(F)(F)F)cc1)Nc1cc([N+](=O)[O-])ccc1F. The number of rotatable bonds is 5. The second kappa shape index (κ2) is 7.81. The molecule has 27 heavy (non-hydrogen) atoms. The minimum atomic E-state index is -4.56. The zero-order chi connectivity index (χ0) is 20.2. The smallest absolute Gasteiger partial charge is 0.416 e. The lowest BCUT2D eigenvalue weighted by Gasteiger charge is -2.09. The first-order valence-electron chi connectivity index (χ1n) is 7.16. The summed E-state index contributed by atoms with van der Waals surface area (Å²) >= 11 is 0. The molecule has 2 aromatic carbocycles. The number of nitro groups is 1. The number of carbonyl (C=O) groups is 2. The summed E-state index contributed by atoms with van der Waals surface area (Å²) in [4.78, 5) is 33.3. The van der Waals surface area contributed by atoms with Crippen molar-refractivity contribution in [3.8, 4) is 0 Å². The van der Waals surface area contributed by atoms with Crippen molar-refractivity contribution >= 4 is 23.3 Å². The van der Waals surface area contributed by atoms with Gasteiger partial charge in [0.1, 0.15) is 5.82 Å². The maximum atomic E-state index is 13.6. The topological polar surface area (TPSA) is 98.5 Å². The van der Waals surface area contributed by atoms with E-state index in [9.17, 15) is 37.3 Å². The van der Waals surface area contributed by atoms with Gasteiger partial charge in [0.25, 0.3) is 11.6 Å². The number of alkyl halides is 3. The molecule has 0 saturated heterocycles. The normalized spacial score (nSPS) is 11.0. The number of hydrogen-bond donors (Lipinski definition) is 1. The number of ether oxygens (including phenoxy) is 1. The summed E-state index contributed by atoms with van der Waals surface area (Å²) in [6, 6.07) is 5.57. The van der Waals surface area contributed by atoms with Gasteiger partial charge in [-0.3, -0.25) is 14.9 Å². The molecule has 0 aliphatic carbocycles. The Bertz CT molecular complexity index is 881.